The highest BCUT2D eigenvalue weighted by molar-refractivity contribution is 6.04. The minimum Gasteiger partial charge on any atom is -0.298 e. The van der Waals surface area contributed by atoms with Gasteiger partial charge in [-0.1, -0.05) is 72.3 Å². The number of fused-ring (bicyclic) bond motifs is 4. The molecule has 0 saturated heterocycles. The average molecular weight is 459 g/mol. The van der Waals surface area contributed by atoms with Crippen LogP contribution in [0.3, 0.4) is 0 Å². The topological polar surface area (TPSA) is 78.0 Å². The first-order valence-electron chi connectivity index (χ1n) is 11.5. The molecule has 0 N–H and O–H groups in total. The van der Waals surface area contributed by atoms with Gasteiger partial charge in [-0.15, -0.1) is 0 Å². The van der Waals surface area contributed by atoms with Crippen LogP contribution < -0.4 is 5.56 Å². The summed E-state index contributed by atoms with van der Waals surface area (Å²) >= 11 is 0. The zero-order valence-corrected chi connectivity index (χ0v) is 19.2. The Morgan fingerprint density at radius 3 is 2.34 bits per heavy atom. The van der Waals surface area contributed by atoms with Crippen molar-refractivity contribution in [3.8, 4) is 0 Å². The highest BCUT2D eigenvalue weighted by Gasteiger charge is 2.19. The third kappa shape index (κ3) is 3.87. The standard InChI is InChI=1S/C28H22N6O/c1-19-11-13-21(14-12-19)17-30-34-26-24(25-27(34)32-23-10-6-5-9-22(23)31-25)28(35)33(18-29-26)16-15-20-7-3-2-4-8-20/h2-14,17-18H,15-16H2,1H3. The van der Waals surface area contributed by atoms with Crippen molar-refractivity contribution in [1.29, 1.82) is 0 Å². The molecular formula is C28H22N6O. The predicted molar refractivity (Wildman–Crippen MR) is 139 cm³/mol. The molecule has 0 aliphatic heterocycles. The Kier molecular flexibility index (Phi) is 5.15. The lowest BCUT2D eigenvalue weighted by atomic mass is 10.1. The van der Waals surface area contributed by atoms with Gasteiger partial charge < -0.3 is 0 Å². The predicted octanol–water partition coefficient (Wildman–Crippen LogP) is 4.73. The van der Waals surface area contributed by atoms with Crippen LogP contribution in [0.5, 0.6) is 0 Å². The molecule has 7 nitrogen and oxygen atoms in total. The molecule has 0 unspecified atom stereocenters. The van der Waals surface area contributed by atoms with Crippen LogP contribution in [0.1, 0.15) is 16.7 Å². The Morgan fingerprint density at radius 1 is 0.857 bits per heavy atom. The maximum atomic E-state index is 13.6. The number of aryl methyl sites for hydroxylation is 3. The first-order chi connectivity index (χ1) is 17.2. The number of rotatable bonds is 5. The summed E-state index contributed by atoms with van der Waals surface area (Å²) < 4.78 is 3.26. The van der Waals surface area contributed by atoms with E-state index in [4.69, 9.17) is 9.97 Å². The second kappa shape index (κ2) is 8.61. The van der Waals surface area contributed by atoms with Gasteiger partial charge in [-0.25, -0.2) is 15.0 Å². The molecule has 7 heteroatoms. The Balaban J connectivity index is 1.53. The van der Waals surface area contributed by atoms with Crippen LogP contribution >= 0.6 is 0 Å². The molecule has 0 radical (unpaired) electrons. The van der Waals surface area contributed by atoms with E-state index in [1.807, 2.05) is 73.7 Å². The van der Waals surface area contributed by atoms with Gasteiger partial charge in [0.25, 0.3) is 5.56 Å². The van der Waals surface area contributed by atoms with E-state index in [0.29, 0.717) is 28.7 Å². The zero-order chi connectivity index (χ0) is 23.8. The highest BCUT2D eigenvalue weighted by Crippen LogP contribution is 2.25. The average Bonchev–Trinajstić information content (AvgIpc) is 3.20. The molecule has 35 heavy (non-hydrogen) atoms. The molecule has 0 aliphatic rings. The molecule has 0 spiro atoms. The van der Waals surface area contributed by atoms with E-state index in [1.54, 1.807) is 21.8 Å². The van der Waals surface area contributed by atoms with E-state index < -0.39 is 0 Å². The van der Waals surface area contributed by atoms with E-state index >= 15 is 0 Å². The van der Waals surface area contributed by atoms with Crippen LogP contribution in [0.15, 0.2) is 95.1 Å². The molecule has 3 aromatic carbocycles. The summed E-state index contributed by atoms with van der Waals surface area (Å²) in [5, 5.41) is 5.10. The summed E-state index contributed by atoms with van der Waals surface area (Å²) in [6.07, 6.45) is 4.06. The van der Waals surface area contributed by atoms with E-state index in [1.165, 1.54) is 5.56 Å². The summed E-state index contributed by atoms with van der Waals surface area (Å²) in [7, 11) is 0. The second-order valence-electron chi connectivity index (χ2n) is 8.53. The monoisotopic (exact) mass is 458 g/mol. The van der Waals surface area contributed by atoms with Gasteiger partial charge in [-0.05, 0) is 36.6 Å². The molecule has 6 aromatic rings. The summed E-state index contributed by atoms with van der Waals surface area (Å²) in [4.78, 5) is 27.9. The minimum atomic E-state index is -0.148. The van der Waals surface area contributed by atoms with Crippen molar-refractivity contribution in [3.05, 3.63) is 112 Å². The second-order valence-corrected chi connectivity index (χ2v) is 8.53. The van der Waals surface area contributed by atoms with Crippen molar-refractivity contribution >= 4 is 39.4 Å². The first kappa shape index (κ1) is 20.9. The SMILES string of the molecule is Cc1ccc(C=Nn2c3nc4ccccc4nc3c3c(=O)n(CCc4ccccc4)cnc32)cc1. The van der Waals surface area contributed by atoms with E-state index in [2.05, 4.69) is 22.2 Å². The van der Waals surface area contributed by atoms with Crippen molar-refractivity contribution in [2.75, 3.05) is 0 Å². The summed E-state index contributed by atoms with van der Waals surface area (Å²) in [5.74, 6) is 0. The Morgan fingerprint density at radius 2 is 1.57 bits per heavy atom. The number of para-hydroxylation sites is 2. The van der Waals surface area contributed by atoms with Crippen molar-refractivity contribution in [2.45, 2.75) is 19.9 Å². The molecule has 3 aromatic heterocycles. The lowest BCUT2D eigenvalue weighted by molar-refractivity contribution is 0.661. The normalized spacial score (nSPS) is 11.8. The van der Waals surface area contributed by atoms with Crippen molar-refractivity contribution in [3.63, 3.8) is 0 Å². The molecule has 0 aliphatic carbocycles. The molecule has 0 atom stereocenters. The van der Waals surface area contributed by atoms with Crippen molar-refractivity contribution < 1.29 is 0 Å². The number of hydrogen-bond acceptors (Lipinski definition) is 5. The molecule has 170 valence electrons. The Hall–Kier alpha value is -4.65. The molecule has 6 rings (SSSR count). The lowest BCUT2D eigenvalue weighted by Gasteiger charge is -2.05. The Labute approximate surface area is 201 Å². The van der Waals surface area contributed by atoms with Crippen LogP contribution in [-0.4, -0.2) is 30.4 Å². The number of benzene rings is 3. The van der Waals surface area contributed by atoms with Gasteiger partial charge in [0.15, 0.2) is 11.3 Å². The van der Waals surface area contributed by atoms with Gasteiger partial charge in [-0.3, -0.25) is 9.36 Å². The van der Waals surface area contributed by atoms with Crippen LogP contribution in [-0.2, 0) is 13.0 Å². The minimum absolute atomic E-state index is 0.148. The fourth-order valence-electron chi connectivity index (χ4n) is 4.19. The third-order valence-corrected chi connectivity index (χ3v) is 6.09. The molecule has 0 fully saturated rings. The maximum absolute atomic E-state index is 13.6. The van der Waals surface area contributed by atoms with E-state index in [-0.39, 0.29) is 5.56 Å². The van der Waals surface area contributed by atoms with Gasteiger partial charge in [0.05, 0.1) is 23.6 Å². The fourth-order valence-corrected chi connectivity index (χ4v) is 4.19. The molecular weight excluding hydrogens is 436 g/mol. The number of hydrogen-bond donors (Lipinski definition) is 0. The van der Waals surface area contributed by atoms with Crippen molar-refractivity contribution in [1.82, 2.24) is 24.2 Å². The van der Waals surface area contributed by atoms with E-state index in [0.717, 1.165) is 28.6 Å². The molecule has 0 saturated carbocycles. The van der Waals surface area contributed by atoms with Crippen LogP contribution in [0.25, 0.3) is 33.2 Å². The molecule has 0 amide bonds. The summed E-state index contributed by atoms with van der Waals surface area (Å²) in [5.41, 5.74) is 6.04. The first-order valence-corrected chi connectivity index (χ1v) is 11.5. The summed E-state index contributed by atoms with van der Waals surface area (Å²) in [6.45, 7) is 2.56. The zero-order valence-electron chi connectivity index (χ0n) is 19.2. The van der Waals surface area contributed by atoms with E-state index in [9.17, 15) is 4.79 Å². The maximum Gasteiger partial charge on any atom is 0.265 e. The van der Waals surface area contributed by atoms with Gasteiger partial charge in [-0.2, -0.15) is 9.78 Å². The van der Waals surface area contributed by atoms with Crippen molar-refractivity contribution in [2.24, 2.45) is 5.10 Å². The number of aromatic nitrogens is 5. The number of nitrogens with zero attached hydrogens (tertiary/aromatic N) is 6. The Bertz CT molecular complexity index is 1770. The third-order valence-electron chi connectivity index (χ3n) is 6.09. The van der Waals surface area contributed by atoms with Gasteiger partial charge in [0.1, 0.15) is 10.9 Å². The van der Waals surface area contributed by atoms with Crippen LogP contribution in [0.4, 0.5) is 0 Å². The van der Waals surface area contributed by atoms with Gasteiger partial charge in [0, 0.05) is 6.54 Å². The van der Waals surface area contributed by atoms with Crippen LogP contribution in [0, 0.1) is 6.92 Å². The largest absolute Gasteiger partial charge is 0.298 e. The molecule has 0 bridgehead atoms. The fraction of sp³-hybridized carbons (Fsp3) is 0.107. The van der Waals surface area contributed by atoms with Gasteiger partial charge in [0.2, 0.25) is 0 Å². The van der Waals surface area contributed by atoms with Gasteiger partial charge >= 0.3 is 0 Å². The highest BCUT2D eigenvalue weighted by atomic mass is 16.1. The quantitative estimate of drug-likeness (QED) is 0.350. The smallest absolute Gasteiger partial charge is 0.265 e. The summed E-state index contributed by atoms with van der Waals surface area (Å²) in [6, 6.07) is 25.8. The molecule has 3 heterocycles. The lowest BCUT2D eigenvalue weighted by Crippen LogP contribution is -2.21. The van der Waals surface area contributed by atoms with Crippen LogP contribution in [0.2, 0.25) is 0 Å².